The molecule has 0 aromatic heterocycles. The van der Waals surface area contributed by atoms with Crippen molar-refractivity contribution in [1.82, 2.24) is 5.32 Å². The fraction of sp³-hybridized carbons (Fsp3) is 0.350. The van der Waals surface area contributed by atoms with Gasteiger partial charge in [-0.2, -0.15) is 0 Å². The summed E-state index contributed by atoms with van der Waals surface area (Å²) in [5.74, 6) is 0.896. The van der Waals surface area contributed by atoms with Crippen molar-refractivity contribution in [2.75, 3.05) is 18.5 Å². The zero-order chi connectivity index (χ0) is 17.5. The lowest BCUT2D eigenvalue weighted by Crippen LogP contribution is -2.30. The second-order valence-corrected chi connectivity index (χ2v) is 6.12. The first-order valence-corrected chi connectivity index (χ1v) is 8.28. The molecule has 0 spiro atoms. The van der Waals surface area contributed by atoms with Crippen LogP contribution in [-0.4, -0.2) is 19.2 Å². The Morgan fingerprint density at radius 2 is 1.67 bits per heavy atom. The van der Waals surface area contributed by atoms with E-state index in [2.05, 4.69) is 29.7 Å². The molecule has 0 radical (unpaired) electrons. The molecule has 0 aliphatic rings. The molecule has 2 N–H and O–H groups in total. The number of hydrogen-bond acceptors (Lipinski definition) is 2. The SMILES string of the molecule is Cc1cc(C)c(NC(=O)NCCCOc2ccccc2C)c(C)c1. The van der Waals surface area contributed by atoms with Crippen LogP contribution in [0.2, 0.25) is 0 Å². The number of ether oxygens (including phenoxy) is 1. The lowest BCUT2D eigenvalue weighted by Gasteiger charge is -2.14. The van der Waals surface area contributed by atoms with Crippen LogP contribution < -0.4 is 15.4 Å². The third kappa shape index (κ3) is 5.01. The van der Waals surface area contributed by atoms with E-state index in [0.717, 1.165) is 34.5 Å². The van der Waals surface area contributed by atoms with E-state index in [1.807, 2.05) is 45.0 Å². The number of rotatable bonds is 6. The highest BCUT2D eigenvalue weighted by molar-refractivity contribution is 5.91. The molecule has 0 bridgehead atoms. The molecule has 2 aromatic rings. The normalized spacial score (nSPS) is 10.3. The highest BCUT2D eigenvalue weighted by Gasteiger charge is 2.07. The Hall–Kier alpha value is -2.49. The fourth-order valence-corrected chi connectivity index (χ4v) is 2.71. The molecule has 0 saturated heterocycles. The first-order chi connectivity index (χ1) is 11.5. The fourth-order valence-electron chi connectivity index (χ4n) is 2.71. The molecule has 0 fully saturated rings. The maximum absolute atomic E-state index is 12.0. The Morgan fingerprint density at radius 1 is 1.00 bits per heavy atom. The van der Waals surface area contributed by atoms with Crippen LogP contribution in [0.5, 0.6) is 5.75 Å². The van der Waals surface area contributed by atoms with Gasteiger partial charge in [0.25, 0.3) is 0 Å². The van der Waals surface area contributed by atoms with Crippen LogP contribution >= 0.6 is 0 Å². The van der Waals surface area contributed by atoms with E-state index in [0.29, 0.717) is 13.2 Å². The zero-order valence-corrected chi connectivity index (χ0v) is 14.9. The molecular formula is C20H26N2O2. The Labute approximate surface area is 144 Å². The lowest BCUT2D eigenvalue weighted by molar-refractivity contribution is 0.250. The van der Waals surface area contributed by atoms with Gasteiger partial charge in [-0.25, -0.2) is 4.79 Å². The molecule has 2 amide bonds. The van der Waals surface area contributed by atoms with Crippen LogP contribution in [0.4, 0.5) is 10.5 Å². The van der Waals surface area contributed by atoms with E-state index < -0.39 is 0 Å². The molecule has 2 rings (SSSR count). The number of carbonyl (C=O) groups is 1. The van der Waals surface area contributed by atoms with Gasteiger partial charge in [0.2, 0.25) is 0 Å². The Morgan fingerprint density at radius 3 is 2.33 bits per heavy atom. The number of para-hydroxylation sites is 1. The standard InChI is InChI=1S/C20H26N2O2/c1-14-12-16(3)19(17(4)13-14)22-20(23)21-10-7-11-24-18-9-6-5-8-15(18)2/h5-6,8-9,12-13H,7,10-11H2,1-4H3,(H2,21,22,23). The predicted molar refractivity (Wildman–Crippen MR) is 99.0 cm³/mol. The average Bonchev–Trinajstić information content (AvgIpc) is 2.52. The minimum absolute atomic E-state index is 0.180. The summed E-state index contributed by atoms with van der Waals surface area (Å²) in [6, 6.07) is 11.9. The van der Waals surface area contributed by atoms with E-state index in [-0.39, 0.29) is 6.03 Å². The molecule has 0 aliphatic carbocycles. The van der Waals surface area contributed by atoms with E-state index in [9.17, 15) is 4.79 Å². The Bertz CT molecular complexity index is 688. The molecule has 0 atom stereocenters. The number of benzene rings is 2. The maximum atomic E-state index is 12.0. The molecule has 0 saturated carbocycles. The largest absolute Gasteiger partial charge is 0.493 e. The van der Waals surface area contributed by atoms with Crippen LogP contribution in [0.15, 0.2) is 36.4 Å². The lowest BCUT2D eigenvalue weighted by atomic mass is 10.1. The Balaban J connectivity index is 1.73. The highest BCUT2D eigenvalue weighted by atomic mass is 16.5. The van der Waals surface area contributed by atoms with Crippen LogP contribution in [0.25, 0.3) is 0 Å². The van der Waals surface area contributed by atoms with Gasteiger partial charge in [0, 0.05) is 12.2 Å². The van der Waals surface area contributed by atoms with Gasteiger partial charge in [0.1, 0.15) is 5.75 Å². The third-order valence-corrected chi connectivity index (χ3v) is 3.87. The van der Waals surface area contributed by atoms with Crippen molar-refractivity contribution in [3.8, 4) is 5.75 Å². The summed E-state index contributed by atoms with van der Waals surface area (Å²) < 4.78 is 5.72. The first-order valence-electron chi connectivity index (χ1n) is 8.28. The number of urea groups is 1. The molecule has 128 valence electrons. The molecule has 4 nitrogen and oxygen atoms in total. The molecule has 0 aliphatic heterocycles. The smallest absolute Gasteiger partial charge is 0.319 e. The summed E-state index contributed by atoms with van der Waals surface area (Å²) in [6.07, 6.45) is 0.758. The van der Waals surface area contributed by atoms with Crippen molar-refractivity contribution < 1.29 is 9.53 Å². The van der Waals surface area contributed by atoms with Gasteiger partial charge >= 0.3 is 6.03 Å². The molecular weight excluding hydrogens is 300 g/mol. The second kappa shape index (κ2) is 8.39. The topological polar surface area (TPSA) is 50.4 Å². The van der Waals surface area contributed by atoms with E-state index in [4.69, 9.17) is 4.74 Å². The minimum Gasteiger partial charge on any atom is -0.493 e. The van der Waals surface area contributed by atoms with E-state index in [1.54, 1.807) is 0 Å². The van der Waals surface area contributed by atoms with Crippen molar-refractivity contribution in [1.29, 1.82) is 0 Å². The number of aryl methyl sites for hydroxylation is 4. The quantitative estimate of drug-likeness (QED) is 0.767. The summed E-state index contributed by atoms with van der Waals surface area (Å²) in [5.41, 5.74) is 5.35. The van der Waals surface area contributed by atoms with Crippen LogP contribution in [0.3, 0.4) is 0 Å². The summed E-state index contributed by atoms with van der Waals surface area (Å²) in [7, 11) is 0. The summed E-state index contributed by atoms with van der Waals surface area (Å²) in [5, 5.41) is 5.80. The Kier molecular flexibility index (Phi) is 6.24. The van der Waals surface area contributed by atoms with Crippen molar-refractivity contribution in [2.24, 2.45) is 0 Å². The number of nitrogens with one attached hydrogen (secondary N) is 2. The van der Waals surface area contributed by atoms with Crippen molar-refractivity contribution in [3.05, 3.63) is 58.7 Å². The maximum Gasteiger partial charge on any atom is 0.319 e. The average molecular weight is 326 g/mol. The summed E-state index contributed by atoms with van der Waals surface area (Å²) in [4.78, 5) is 12.0. The predicted octanol–water partition coefficient (Wildman–Crippen LogP) is 4.51. The monoisotopic (exact) mass is 326 g/mol. The number of hydrogen-bond donors (Lipinski definition) is 2. The van der Waals surface area contributed by atoms with Crippen molar-refractivity contribution >= 4 is 11.7 Å². The highest BCUT2D eigenvalue weighted by Crippen LogP contribution is 2.21. The van der Waals surface area contributed by atoms with Gasteiger partial charge in [0.05, 0.1) is 6.61 Å². The van der Waals surface area contributed by atoms with Gasteiger partial charge in [0.15, 0.2) is 0 Å². The van der Waals surface area contributed by atoms with Crippen LogP contribution in [-0.2, 0) is 0 Å². The van der Waals surface area contributed by atoms with Gasteiger partial charge in [-0.05, 0) is 56.9 Å². The first kappa shape index (κ1) is 17.9. The number of anilines is 1. The molecule has 0 heterocycles. The molecule has 2 aromatic carbocycles. The number of carbonyl (C=O) groups excluding carboxylic acids is 1. The van der Waals surface area contributed by atoms with Crippen LogP contribution in [0, 0.1) is 27.7 Å². The summed E-state index contributed by atoms with van der Waals surface area (Å²) in [6.45, 7) is 9.23. The number of amides is 2. The van der Waals surface area contributed by atoms with Crippen LogP contribution in [0.1, 0.15) is 28.7 Å². The third-order valence-electron chi connectivity index (χ3n) is 3.87. The second-order valence-electron chi connectivity index (χ2n) is 6.12. The summed E-state index contributed by atoms with van der Waals surface area (Å²) >= 11 is 0. The minimum atomic E-state index is -0.180. The van der Waals surface area contributed by atoms with Crippen molar-refractivity contribution in [3.63, 3.8) is 0 Å². The van der Waals surface area contributed by atoms with Crippen molar-refractivity contribution in [2.45, 2.75) is 34.1 Å². The molecule has 24 heavy (non-hydrogen) atoms. The van der Waals surface area contributed by atoms with E-state index >= 15 is 0 Å². The van der Waals surface area contributed by atoms with Gasteiger partial charge in [-0.15, -0.1) is 0 Å². The van der Waals surface area contributed by atoms with Gasteiger partial charge in [-0.1, -0.05) is 35.9 Å². The van der Waals surface area contributed by atoms with Gasteiger partial charge in [-0.3, -0.25) is 0 Å². The molecule has 4 heteroatoms. The zero-order valence-electron chi connectivity index (χ0n) is 14.9. The van der Waals surface area contributed by atoms with Gasteiger partial charge < -0.3 is 15.4 Å². The molecule has 0 unspecified atom stereocenters. The van der Waals surface area contributed by atoms with E-state index in [1.165, 1.54) is 5.56 Å².